The molecular weight excluding hydrogens is 192 g/mol. The van der Waals surface area contributed by atoms with E-state index in [2.05, 4.69) is 0 Å². The third-order valence-electron chi connectivity index (χ3n) is 2.80. The summed E-state index contributed by atoms with van der Waals surface area (Å²) in [6.07, 6.45) is 2.58. The van der Waals surface area contributed by atoms with E-state index in [1.54, 1.807) is 19.1 Å². The van der Waals surface area contributed by atoms with Crippen molar-refractivity contribution in [1.82, 2.24) is 0 Å². The third-order valence-corrected chi connectivity index (χ3v) is 2.80. The lowest BCUT2D eigenvalue weighted by molar-refractivity contribution is -0.139. The minimum atomic E-state index is -0.864. The van der Waals surface area contributed by atoms with Crippen LogP contribution >= 0.6 is 0 Å². The summed E-state index contributed by atoms with van der Waals surface area (Å²) in [6.45, 7) is 1.63. The van der Waals surface area contributed by atoms with Crippen LogP contribution in [0.25, 0.3) is 5.57 Å². The van der Waals surface area contributed by atoms with Gasteiger partial charge < -0.3 is 10.2 Å². The third kappa shape index (κ3) is 1.50. The van der Waals surface area contributed by atoms with Crippen LogP contribution in [0.15, 0.2) is 24.3 Å². The van der Waals surface area contributed by atoms with Crippen molar-refractivity contribution in [2.24, 2.45) is 5.92 Å². The van der Waals surface area contributed by atoms with E-state index < -0.39 is 11.9 Å². The number of aliphatic carboxylic acids is 1. The van der Waals surface area contributed by atoms with Crippen LogP contribution < -0.4 is 0 Å². The molecule has 0 amide bonds. The number of fused-ring (bicyclic) bond motifs is 1. The van der Waals surface area contributed by atoms with Crippen molar-refractivity contribution in [1.29, 1.82) is 0 Å². The Bertz CT molecular complexity index is 446. The summed E-state index contributed by atoms with van der Waals surface area (Å²) in [5, 5.41) is 18.6. The van der Waals surface area contributed by atoms with Gasteiger partial charge in [0.25, 0.3) is 0 Å². The van der Waals surface area contributed by atoms with Gasteiger partial charge in [0, 0.05) is 5.56 Å². The van der Waals surface area contributed by atoms with Crippen LogP contribution in [-0.4, -0.2) is 16.2 Å². The monoisotopic (exact) mass is 204 g/mol. The number of carbonyl (C=O) groups is 1. The first-order valence-corrected chi connectivity index (χ1v) is 4.85. The van der Waals surface area contributed by atoms with Gasteiger partial charge in [-0.1, -0.05) is 18.2 Å². The van der Waals surface area contributed by atoms with E-state index in [-0.39, 0.29) is 5.75 Å². The molecule has 3 nitrogen and oxygen atoms in total. The zero-order valence-corrected chi connectivity index (χ0v) is 8.40. The number of hydrogen-bond donors (Lipinski definition) is 2. The fourth-order valence-corrected chi connectivity index (χ4v) is 1.94. The van der Waals surface area contributed by atoms with E-state index >= 15 is 0 Å². The van der Waals surface area contributed by atoms with Crippen molar-refractivity contribution >= 4 is 11.5 Å². The molecule has 1 unspecified atom stereocenters. The Morgan fingerprint density at radius 3 is 2.87 bits per heavy atom. The molecule has 0 radical (unpaired) electrons. The molecule has 1 aliphatic rings. The first-order valence-electron chi connectivity index (χ1n) is 4.85. The maximum atomic E-state index is 10.9. The summed E-state index contributed by atoms with van der Waals surface area (Å²) in [5.41, 5.74) is 2.42. The van der Waals surface area contributed by atoms with Gasteiger partial charge in [-0.05, 0) is 30.5 Å². The number of rotatable bonds is 2. The largest absolute Gasteiger partial charge is 0.507 e. The van der Waals surface area contributed by atoms with Gasteiger partial charge in [-0.15, -0.1) is 0 Å². The second-order valence-corrected chi connectivity index (χ2v) is 3.73. The minimum absolute atomic E-state index is 0.171. The Labute approximate surface area is 87.7 Å². The number of benzene rings is 1. The Hall–Kier alpha value is -1.77. The fourth-order valence-electron chi connectivity index (χ4n) is 1.94. The SMILES string of the molecule is CC(C(=O)O)C1=CCc2cccc(O)c21. The maximum Gasteiger partial charge on any atom is 0.310 e. The molecule has 0 bridgehead atoms. The number of phenolic OH excluding ortho intramolecular Hbond substituents is 1. The molecule has 0 aliphatic heterocycles. The molecule has 0 spiro atoms. The highest BCUT2D eigenvalue weighted by molar-refractivity contribution is 5.91. The Kier molecular flexibility index (Phi) is 2.23. The van der Waals surface area contributed by atoms with E-state index in [9.17, 15) is 9.90 Å². The second-order valence-electron chi connectivity index (χ2n) is 3.73. The number of allylic oxidation sites excluding steroid dienone is 1. The predicted octanol–water partition coefficient (Wildman–Crippen LogP) is 2.05. The lowest BCUT2D eigenvalue weighted by Crippen LogP contribution is -2.10. The Balaban J connectivity index is 2.47. The van der Waals surface area contributed by atoms with E-state index in [0.29, 0.717) is 12.0 Å². The molecule has 1 aliphatic carbocycles. The van der Waals surface area contributed by atoms with Gasteiger partial charge in [0.15, 0.2) is 0 Å². The minimum Gasteiger partial charge on any atom is -0.507 e. The van der Waals surface area contributed by atoms with E-state index in [4.69, 9.17) is 5.11 Å². The lowest BCUT2D eigenvalue weighted by Gasteiger charge is -2.11. The Morgan fingerprint density at radius 1 is 1.47 bits per heavy atom. The summed E-state index contributed by atoms with van der Waals surface area (Å²) in [5.74, 6) is -1.26. The smallest absolute Gasteiger partial charge is 0.310 e. The standard InChI is InChI=1S/C12H12O3/c1-7(12(14)15)9-6-5-8-3-2-4-10(13)11(8)9/h2-4,6-7,13H,5H2,1H3,(H,14,15). The van der Waals surface area contributed by atoms with E-state index in [1.165, 1.54) is 0 Å². The number of hydrogen-bond acceptors (Lipinski definition) is 2. The average Bonchev–Trinajstić information content (AvgIpc) is 2.61. The van der Waals surface area contributed by atoms with Crippen molar-refractivity contribution in [2.45, 2.75) is 13.3 Å². The van der Waals surface area contributed by atoms with Gasteiger partial charge in [-0.3, -0.25) is 4.79 Å². The molecule has 2 rings (SSSR count). The molecule has 2 N–H and O–H groups in total. The second kappa shape index (κ2) is 3.42. The highest BCUT2D eigenvalue weighted by Crippen LogP contribution is 2.38. The molecule has 0 fully saturated rings. The molecule has 0 aromatic heterocycles. The molecule has 1 aromatic rings. The number of carboxylic acid groups (broad SMARTS) is 1. The van der Waals surface area contributed by atoms with Gasteiger partial charge in [0.1, 0.15) is 5.75 Å². The molecular formula is C12H12O3. The first-order chi connectivity index (χ1) is 7.11. The van der Waals surface area contributed by atoms with Crippen molar-refractivity contribution in [3.05, 3.63) is 35.4 Å². The van der Waals surface area contributed by atoms with Gasteiger partial charge in [-0.2, -0.15) is 0 Å². The number of carboxylic acids is 1. The summed E-state index contributed by atoms with van der Waals surface area (Å²) in [7, 11) is 0. The topological polar surface area (TPSA) is 57.5 Å². The van der Waals surface area contributed by atoms with E-state index in [0.717, 1.165) is 11.1 Å². The van der Waals surface area contributed by atoms with Crippen LogP contribution in [0, 0.1) is 5.92 Å². The first kappa shape index (κ1) is 9.77. The van der Waals surface area contributed by atoms with Crippen molar-refractivity contribution in [3.63, 3.8) is 0 Å². The highest BCUT2D eigenvalue weighted by Gasteiger charge is 2.25. The van der Waals surface area contributed by atoms with Crippen molar-refractivity contribution in [2.75, 3.05) is 0 Å². The predicted molar refractivity (Wildman–Crippen MR) is 56.6 cm³/mol. The van der Waals surface area contributed by atoms with Gasteiger partial charge in [0.2, 0.25) is 0 Å². The lowest BCUT2D eigenvalue weighted by atomic mass is 9.95. The van der Waals surface area contributed by atoms with Crippen LogP contribution in [0.1, 0.15) is 18.1 Å². The van der Waals surface area contributed by atoms with Gasteiger partial charge in [-0.25, -0.2) is 0 Å². The zero-order valence-electron chi connectivity index (χ0n) is 8.40. The van der Waals surface area contributed by atoms with Gasteiger partial charge >= 0.3 is 5.97 Å². The summed E-state index contributed by atoms with van der Waals surface area (Å²) in [4.78, 5) is 10.9. The number of phenols is 1. The molecule has 3 heteroatoms. The van der Waals surface area contributed by atoms with Crippen molar-refractivity contribution in [3.8, 4) is 5.75 Å². The van der Waals surface area contributed by atoms with Crippen LogP contribution in [0.4, 0.5) is 0 Å². The molecule has 0 heterocycles. The molecule has 1 atom stereocenters. The normalized spacial score (nSPS) is 15.7. The van der Waals surface area contributed by atoms with Crippen LogP contribution in [0.2, 0.25) is 0 Å². The average molecular weight is 204 g/mol. The fraction of sp³-hybridized carbons (Fsp3) is 0.250. The Morgan fingerprint density at radius 2 is 2.20 bits per heavy atom. The quantitative estimate of drug-likeness (QED) is 0.775. The maximum absolute atomic E-state index is 10.9. The summed E-state index contributed by atoms with van der Waals surface area (Å²) >= 11 is 0. The van der Waals surface area contributed by atoms with Crippen LogP contribution in [0.3, 0.4) is 0 Å². The zero-order chi connectivity index (χ0) is 11.0. The number of aromatic hydroxyl groups is 1. The van der Waals surface area contributed by atoms with E-state index in [1.807, 2.05) is 12.1 Å². The summed E-state index contributed by atoms with van der Waals surface area (Å²) in [6, 6.07) is 5.27. The van der Waals surface area contributed by atoms with Crippen LogP contribution in [0.5, 0.6) is 5.75 Å². The molecule has 0 saturated carbocycles. The molecule has 15 heavy (non-hydrogen) atoms. The van der Waals surface area contributed by atoms with Crippen molar-refractivity contribution < 1.29 is 15.0 Å². The molecule has 78 valence electrons. The van der Waals surface area contributed by atoms with Gasteiger partial charge in [0.05, 0.1) is 5.92 Å². The van der Waals surface area contributed by atoms with Crippen LogP contribution in [-0.2, 0) is 11.2 Å². The summed E-state index contributed by atoms with van der Waals surface area (Å²) < 4.78 is 0. The highest BCUT2D eigenvalue weighted by atomic mass is 16.4. The molecule has 0 saturated heterocycles. The molecule has 1 aromatic carbocycles.